The Balaban J connectivity index is 2.03. The van der Waals surface area contributed by atoms with Crippen molar-refractivity contribution in [1.82, 2.24) is 15.0 Å². The number of aromatic nitrogens is 3. The highest BCUT2D eigenvalue weighted by Gasteiger charge is 2.23. The molecule has 0 saturated heterocycles. The first-order valence-electron chi connectivity index (χ1n) is 10.6. The molecule has 3 nitrogen and oxygen atoms in total. The standard InChI is InChI=1S/C26H31N3Si/c1-16-9-10-18-13-19(14-21(25(18)29-16)26(3,4)5)24-20-11-12-22(30(6,7)8)17(2)23(20)27-15-28-24/h9-15H,1-8H3. The van der Waals surface area contributed by atoms with Gasteiger partial charge in [0.15, 0.2) is 0 Å². The van der Waals surface area contributed by atoms with Gasteiger partial charge in [-0.25, -0.2) is 9.97 Å². The minimum atomic E-state index is -1.44. The van der Waals surface area contributed by atoms with Crippen molar-refractivity contribution >= 4 is 35.1 Å². The van der Waals surface area contributed by atoms with Crippen LogP contribution < -0.4 is 5.19 Å². The SMILES string of the molecule is Cc1ccc2cc(-c3ncnc4c(C)c([Si](C)(C)C)ccc34)cc(C(C)(C)C)c2n1. The quantitative estimate of drug-likeness (QED) is 0.362. The summed E-state index contributed by atoms with van der Waals surface area (Å²) in [4.78, 5) is 14.3. The maximum Gasteiger partial charge on any atom is 0.116 e. The molecule has 2 heterocycles. The van der Waals surface area contributed by atoms with E-state index in [1.807, 2.05) is 0 Å². The summed E-state index contributed by atoms with van der Waals surface area (Å²) in [5.74, 6) is 0. The van der Waals surface area contributed by atoms with Crippen LogP contribution in [0.15, 0.2) is 42.7 Å². The molecule has 0 aliphatic heterocycles. The molecule has 4 aromatic rings. The molecule has 0 saturated carbocycles. The number of hydrogen-bond acceptors (Lipinski definition) is 3. The molecular weight excluding hydrogens is 382 g/mol. The molecule has 0 fully saturated rings. The third-order valence-corrected chi connectivity index (χ3v) is 8.04. The molecule has 0 bridgehead atoms. The minimum absolute atomic E-state index is 0.0151. The Hall–Kier alpha value is -2.59. The van der Waals surface area contributed by atoms with Gasteiger partial charge in [-0.05, 0) is 48.6 Å². The van der Waals surface area contributed by atoms with E-state index in [-0.39, 0.29) is 5.41 Å². The summed E-state index contributed by atoms with van der Waals surface area (Å²) in [7, 11) is -1.44. The average molecular weight is 414 g/mol. The van der Waals surface area contributed by atoms with Crippen molar-refractivity contribution in [3.63, 3.8) is 0 Å². The van der Waals surface area contributed by atoms with Crippen LogP contribution in [0.3, 0.4) is 0 Å². The molecule has 154 valence electrons. The van der Waals surface area contributed by atoms with E-state index >= 15 is 0 Å². The highest BCUT2D eigenvalue weighted by molar-refractivity contribution is 6.89. The molecule has 0 unspecified atom stereocenters. The Morgan fingerprint density at radius 1 is 0.833 bits per heavy atom. The first kappa shape index (κ1) is 20.7. The number of fused-ring (bicyclic) bond motifs is 2. The van der Waals surface area contributed by atoms with Crippen LogP contribution in [0.25, 0.3) is 33.1 Å². The van der Waals surface area contributed by atoms with Gasteiger partial charge in [0.05, 0.1) is 24.8 Å². The van der Waals surface area contributed by atoms with Gasteiger partial charge in [-0.15, -0.1) is 0 Å². The monoisotopic (exact) mass is 413 g/mol. The normalized spacial score (nSPS) is 12.7. The highest BCUT2D eigenvalue weighted by atomic mass is 28.3. The van der Waals surface area contributed by atoms with E-state index in [0.29, 0.717) is 0 Å². The van der Waals surface area contributed by atoms with Crippen LogP contribution in [0.2, 0.25) is 19.6 Å². The largest absolute Gasteiger partial charge is 0.253 e. The van der Waals surface area contributed by atoms with E-state index in [0.717, 1.165) is 38.8 Å². The van der Waals surface area contributed by atoms with Gasteiger partial charge in [0.25, 0.3) is 0 Å². The fourth-order valence-corrected chi connectivity index (χ4v) is 6.18. The van der Waals surface area contributed by atoms with Gasteiger partial charge in [-0.3, -0.25) is 4.98 Å². The second-order valence-corrected chi connectivity index (χ2v) is 15.4. The fourth-order valence-electron chi connectivity index (χ4n) is 4.36. The number of benzene rings is 2. The Kier molecular flexibility index (Phi) is 4.81. The summed E-state index contributed by atoms with van der Waals surface area (Å²) in [5.41, 5.74) is 7.86. The van der Waals surface area contributed by atoms with Gasteiger partial charge in [0.1, 0.15) is 6.33 Å². The van der Waals surface area contributed by atoms with Gasteiger partial charge in [-0.2, -0.15) is 0 Å². The predicted octanol–water partition coefficient (Wildman–Crippen LogP) is 6.30. The molecule has 4 rings (SSSR count). The summed E-state index contributed by atoms with van der Waals surface area (Å²) in [6.07, 6.45) is 1.72. The number of aryl methyl sites for hydroxylation is 2. The molecule has 2 aromatic heterocycles. The smallest absolute Gasteiger partial charge is 0.116 e. The van der Waals surface area contributed by atoms with Crippen LogP contribution in [-0.2, 0) is 5.41 Å². The first-order chi connectivity index (χ1) is 14.0. The molecule has 0 radical (unpaired) electrons. The maximum atomic E-state index is 4.86. The van der Waals surface area contributed by atoms with Crippen molar-refractivity contribution in [2.24, 2.45) is 0 Å². The van der Waals surface area contributed by atoms with Crippen molar-refractivity contribution in [2.45, 2.75) is 59.7 Å². The lowest BCUT2D eigenvalue weighted by Gasteiger charge is -2.23. The Morgan fingerprint density at radius 2 is 1.57 bits per heavy atom. The van der Waals surface area contributed by atoms with Gasteiger partial charge < -0.3 is 0 Å². The van der Waals surface area contributed by atoms with Gasteiger partial charge in [-0.1, -0.05) is 63.8 Å². The molecule has 0 aliphatic carbocycles. The summed E-state index contributed by atoms with van der Waals surface area (Å²) in [6.45, 7) is 18.2. The third-order valence-electron chi connectivity index (χ3n) is 5.88. The van der Waals surface area contributed by atoms with Gasteiger partial charge in [0.2, 0.25) is 0 Å². The van der Waals surface area contributed by atoms with Crippen LogP contribution in [0.1, 0.15) is 37.6 Å². The third kappa shape index (κ3) is 3.54. The van der Waals surface area contributed by atoms with Crippen LogP contribution in [0.5, 0.6) is 0 Å². The molecule has 0 N–H and O–H groups in total. The van der Waals surface area contributed by atoms with Crippen molar-refractivity contribution < 1.29 is 0 Å². The fraction of sp³-hybridized carbons (Fsp3) is 0.346. The van der Waals surface area contributed by atoms with E-state index in [2.05, 4.69) is 95.6 Å². The zero-order valence-corrected chi connectivity index (χ0v) is 20.4. The van der Waals surface area contributed by atoms with Crippen LogP contribution in [0, 0.1) is 13.8 Å². The average Bonchev–Trinajstić information content (AvgIpc) is 2.65. The summed E-state index contributed by atoms with van der Waals surface area (Å²) < 4.78 is 0. The lowest BCUT2D eigenvalue weighted by Crippen LogP contribution is -2.39. The number of rotatable bonds is 2. The molecule has 0 atom stereocenters. The zero-order valence-electron chi connectivity index (χ0n) is 19.4. The summed E-state index contributed by atoms with van der Waals surface area (Å²) in [5, 5.41) is 3.75. The lowest BCUT2D eigenvalue weighted by atomic mass is 9.83. The predicted molar refractivity (Wildman–Crippen MR) is 131 cm³/mol. The van der Waals surface area contributed by atoms with E-state index in [1.54, 1.807) is 6.33 Å². The summed E-state index contributed by atoms with van der Waals surface area (Å²) >= 11 is 0. The van der Waals surface area contributed by atoms with Crippen LogP contribution >= 0.6 is 0 Å². The van der Waals surface area contributed by atoms with Crippen molar-refractivity contribution in [3.8, 4) is 11.3 Å². The first-order valence-corrected chi connectivity index (χ1v) is 14.1. The molecule has 0 amide bonds. The number of pyridine rings is 1. The van der Waals surface area contributed by atoms with Gasteiger partial charge in [0, 0.05) is 22.0 Å². The van der Waals surface area contributed by atoms with E-state index in [9.17, 15) is 0 Å². The van der Waals surface area contributed by atoms with Crippen molar-refractivity contribution in [3.05, 3.63) is 59.5 Å². The minimum Gasteiger partial charge on any atom is -0.253 e. The second-order valence-electron chi connectivity index (χ2n) is 10.4. The Bertz CT molecular complexity index is 1280. The molecule has 0 spiro atoms. The molecular formula is C26H31N3Si. The topological polar surface area (TPSA) is 38.7 Å². The second kappa shape index (κ2) is 6.98. The molecule has 2 aromatic carbocycles. The number of hydrogen-bond donors (Lipinski definition) is 0. The van der Waals surface area contributed by atoms with Crippen molar-refractivity contribution in [1.29, 1.82) is 0 Å². The highest BCUT2D eigenvalue weighted by Crippen LogP contribution is 2.35. The lowest BCUT2D eigenvalue weighted by molar-refractivity contribution is 0.594. The maximum absolute atomic E-state index is 4.86. The Labute approximate surface area is 180 Å². The molecule has 30 heavy (non-hydrogen) atoms. The van der Waals surface area contributed by atoms with E-state index in [1.165, 1.54) is 16.3 Å². The van der Waals surface area contributed by atoms with Gasteiger partial charge >= 0.3 is 0 Å². The summed E-state index contributed by atoms with van der Waals surface area (Å²) in [6, 6.07) is 13.3. The zero-order chi connectivity index (χ0) is 21.8. The molecule has 4 heteroatoms. The molecule has 0 aliphatic rings. The Morgan fingerprint density at radius 3 is 2.23 bits per heavy atom. The van der Waals surface area contributed by atoms with Crippen LogP contribution in [-0.4, -0.2) is 23.0 Å². The van der Waals surface area contributed by atoms with E-state index < -0.39 is 8.07 Å². The van der Waals surface area contributed by atoms with E-state index in [4.69, 9.17) is 9.97 Å². The van der Waals surface area contributed by atoms with Crippen LogP contribution in [0.4, 0.5) is 0 Å². The number of nitrogens with zero attached hydrogens (tertiary/aromatic N) is 3. The van der Waals surface area contributed by atoms with Crippen molar-refractivity contribution in [2.75, 3.05) is 0 Å².